The van der Waals surface area contributed by atoms with Crippen LogP contribution in [0, 0.1) is 0 Å². The van der Waals surface area contributed by atoms with E-state index in [1.54, 1.807) is 0 Å². The summed E-state index contributed by atoms with van der Waals surface area (Å²) in [6.07, 6.45) is 6.43. The van der Waals surface area contributed by atoms with Crippen molar-refractivity contribution in [2.45, 2.75) is 50.4 Å². The van der Waals surface area contributed by atoms with E-state index in [-0.39, 0.29) is 5.41 Å². The second-order valence-electron chi connectivity index (χ2n) is 19.0. The quantitative estimate of drug-likeness (QED) is 0.147. The molecule has 326 valence electrons. The topological polar surface area (TPSA) is 3.24 Å². The van der Waals surface area contributed by atoms with Crippen molar-refractivity contribution in [3.05, 3.63) is 247 Å². The normalized spacial score (nSPS) is 15.7. The van der Waals surface area contributed by atoms with Crippen LogP contribution in [0.15, 0.2) is 224 Å². The zero-order chi connectivity index (χ0) is 45.2. The number of para-hydroxylation sites is 3. The summed E-state index contributed by atoms with van der Waals surface area (Å²) in [5.41, 5.74) is 18.6. The predicted octanol–water partition coefficient (Wildman–Crippen LogP) is 19.1. The molecule has 1 heterocycles. The third-order valence-electron chi connectivity index (χ3n) is 15.4. The van der Waals surface area contributed by atoms with Crippen LogP contribution < -0.4 is 4.90 Å². The molecule has 0 bridgehead atoms. The van der Waals surface area contributed by atoms with Crippen molar-refractivity contribution in [3.8, 4) is 44.5 Å². The lowest BCUT2D eigenvalue weighted by atomic mass is 9.74. The van der Waals surface area contributed by atoms with Crippen LogP contribution >= 0.6 is 11.3 Å². The molecule has 1 unspecified atom stereocenters. The molecule has 0 spiro atoms. The van der Waals surface area contributed by atoms with Crippen LogP contribution in [0.4, 0.5) is 17.1 Å². The maximum Gasteiger partial charge on any atom is 0.0540 e. The third-order valence-corrected chi connectivity index (χ3v) is 16.5. The van der Waals surface area contributed by atoms with Gasteiger partial charge in [0.1, 0.15) is 0 Å². The average Bonchev–Trinajstić information content (AvgIpc) is 3.92. The second-order valence-corrected chi connectivity index (χ2v) is 20.1. The molecule has 10 aromatic carbocycles. The highest BCUT2D eigenvalue weighted by molar-refractivity contribution is 7.25. The highest BCUT2D eigenvalue weighted by Gasteiger charge is 2.41. The zero-order valence-electron chi connectivity index (χ0n) is 38.3. The summed E-state index contributed by atoms with van der Waals surface area (Å²) >= 11 is 1.88. The lowest BCUT2D eigenvalue weighted by molar-refractivity contribution is 0.445. The van der Waals surface area contributed by atoms with E-state index in [0.717, 1.165) is 17.1 Å². The van der Waals surface area contributed by atoms with Gasteiger partial charge in [0.15, 0.2) is 0 Å². The molecule has 2 aliphatic rings. The van der Waals surface area contributed by atoms with Crippen molar-refractivity contribution in [1.82, 2.24) is 0 Å². The van der Waals surface area contributed by atoms with E-state index in [4.69, 9.17) is 0 Å². The van der Waals surface area contributed by atoms with Crippen molar-refractivity contribution in [2.75, 3.05) is 4.90 Å². The van der Waals surface area contributed by atoms with Gasteiger partial charge in [-0.2, -0.15) is 0 Å². The summed E-state index contributed by atoms with van der Waals surface area (Å²) in [4.78, 5) is 2.59. The Labute approximate surface area is 403 Å². The van der Waals surface area contributed by atoms with Crippen LogP contribution in [0.2, 0.25) is 0 Å². The first-order valence-corrected chi connectivity index (χ1v) is 25.3. The molecule has 1 fully saturated rings. The van der Waals surface area contributed by atoms with E-state index in [2.05, 4.69) is 236 Å². The van der Waals surface area contributed by atoms with Gasteiger partial charge >= 0.3 is 0 Å². The van der Waals surface area contributed by atoms with Crippen LogP contribution in [-0.4, -0.2) is 0 Å². The molecule has 2 heteroatoms. The Morgan fingerprint density at radius 1 is 0.412 bits per heavy atom. The molecule has 0 amide bonds. The molecule has 2 aliphatic carbocycles. The predicted molar refractivity (Wildman–Crippen MR) is 291 cm³/mol. The maximum absolute atomic E-state index is 2.59. The van der Waals surface area contributed by atoms with Crippen molar-refractivity contribution < 1.29 is 0 Å². The van der Waals surface area contributed by atoms with Crippen LogP contribution in [0.1, 0.15) is 67.2 Å². The molecule has 1 nitrogen and oxygen atoms in total. The number of hydrogen-bond donors (Lipinski definition) is 0. The highest BCUT2D eigenvalue weighted by Crippen LogP contribution is 2.55. The molecule has 1 aromatic heterocycles. The molecule has 1 atom stereocenters. The first-order chi connectivity index (χ1) is 33.6. The Balaban J connectivity index is 1.08. The third kappa shape index (κ3) is 6.49. The van der Waals surface area contributed by atoms with Gasteiger partial charge in [0.05, 0.1) is 17.1 Å². The summed E-state index contributed by atoms with van der Waals surface area (Å²) in [5.74, 6) is 0.562. The molecular weight excluding hydrogens is 839 g/mol. The molecule has 0 N–H and O–H groups in total. The average molecular weight is 890 g/mol. The summed E-state index contributed by atoms with van der Waals surface area (Å²) in [5, 5.41) is 5.32. The minimum atomic E-state index is -0.316. The lowest BCUT2D eigenvalue weighted by Crippen LogP contribution is -2.22. The first kappa shape index (κ1) is 40.7. The minimum absolute atomic E-state index is 0.316. The van der Waals surface area contributed by atoms with Gasteiger partial charge in [-0.1, -0.05) is 207 Å². The fourth-order valence-corrected chi connectivity index (χ4v) is 13.3. The number of anilines is 3. The number of benzene rings is 10. The maximum atomic E-state index is 2.59. The standard InChI is InChI=1S/C66H51NS/c1-66(47-25-6-3-7-26-47)57-35-13-8-28-50(57)51-42-41-46(43-58(51)66)48-27-9-14-36-59(48)67(61-38-16-11-30-53(61)55-34-20-40-63-65(55)56-31-12-17-39-62(56)68-63)60-37-15-10-29-52(60)54-33-19-24-45-23-18-32-49(64(45)54)44-21-4-2-5-22-44/h3,6-20,23-44H,2,4-5,21-22H2,1H3. The van der Waals surface area contributed by atoms with Crippen molar-refractivity contribution >= 4 is 59.3 Å². The Morgan fingerprint density at radius 2 is 0.956 bits per heavy atom. The summed E-state index contributed by atoms with van der Waals surface area (Å²) in [6, 6.07) is 84.5. The SMILES string of the molecule is CC1(c2ccccc2)c2ccccc2-c2ccc(-c3ccccc3N(c3ccccc3-c3cccc4cccc(C5CCCCC5)c34)c3ccccc3-c3cccc4sc5ccccc5c34)cc21. The summed E-state index contributed by atoms with van der Waals surface area (Å²) < 4.78 is 2.61. The van der Waals surface area contributed by atoms with Crippen molar-refractivity contribution in [3.63, 3.8) is 0 Å². The van der Waals surface area contributed by atoms with E-state index >= 15 is 0 Å². The lowest BCUT2D eigenvalue weighted by Gasteiger charge is -2.32. The van der Waals surface area contributed by atoms with Gasteiger partial charge in [0.25, 0.3) is 0 Å². The van der Waals surface area contributed by atoms with E-state index in [1.165, 1.54) is 130 Å². The van der Waals surface area contributed by atoms with E-state index < -0.39 is 0 Å². The second kappa shape index (κ2) is 16.7. The highest BCUT2D eigenvalue weighted by atomic mass is 32.1. The number of nitrogens with zero attached hydrogens (tertiary/aromatic N) is 1. The molecule has 1 saturated carbocycles. The molecular formula is C66H51NS. The molecule has 68 heavy (non-hydrogen) atoms. The van der Waals surface area contributed by atoms with E-state index in [9.17, 15) is 0 Å². The molecule has 0 saturated heterocycles. The van der Waals surface area contributed by atoms with Gasteiger partial charge < -0.3 is 4.90 Å². The summed E-state index contributed by atoms with van der Waals surface area (Å²) in [6.45, 7) is 2.42. The van der Waals surface area contributed by atoms with Crippen LogP contribution in [0.3, 0.4) is 0 Å². The Hall–Kier alpha value is -7.52. The molecule has 13 rings (SSSR count). The molecule has 0 aliphatic heterocycles. The van der Waals surface area contributed by atoms with Crippen LogP contribution in [0.25, 0.3) is 75.5 Å². The van der Waals surface area contributed by atoms with Crippen LogP contribution in [-0.2, 0) is 5.41 Å². The molecule has 0 radical (unpaired) electrons. The van der Waals surface area contributed by atoms with Crippen molar-refractivity contribution in [1.29, 1.82) is 0 Å². The largest absolute Gasteiger partial charge is 0.309 e. The number of thiophene rings is 1. The summed E-state index contributed by atoms with van der Waals surface area (Å²) in [7, 11) is 0. The molecule has 11 aromatic rings. The van der Waals surface area contributed by atoms with E-state index in [0.29, 0.717) is 5.92 Å². The smallest absolute Gasteiger partial charge is 0.0540 e. The van der Waals surface area contributed by atoms with Gasteiger partial charge in [0.2, 0.25) is 0 Å². The fourth-order valence-electron chi connectivity index (χ4n) is 12.2. The van der Waals surface area contributed by atoms with Crippen LogP contribution in [0.5, 0.6) is 0 Å². The Bertz CT molecular complexity index is 3700. The van der Waals surface area contributed by atoms with Gasteiger partial charge in [-0.05, 0) is 123 Å². The van der Waals surface area contributed by atoms with Gasteiger partial charge in [0, 0.05) is 42.3 Å². The zero-order valence-corrected chi connectivity index (χ0v) is 39.1. The van der Waals surface area contributed by atoms with Crippen molar-refractivity contribution in [2.24, 2.45) is 0 Å². The van der Waals surface area contributed by atoms with Gasteiger partial charge in [-0.25, -0.2) is 0 Å². The number of rotatable bonds is 8. The van der Waals surface area contributed by atoms with Gasteiger partial charge in [-0.15, -0.1) is 11.3 Å². The number of hydrogen-bond acceptors (Lipinski definition) is 2. The fraction of sp³-hybridized carbons (Fsp3) is 0.121. The Kier molecular flexibility index (Phi) is 9.98. The number of fused-ring (bicyclic) bond motifs is 7. The Morgan fingerprint density at radius 3 is 1.71 bits per heavy atom. The minimum Gasteiger partial charge on any atom is -0.309 e. The van der Waals surface area contributed by atoms with E-state index in [1.807, 2.05) is 11.3 Å². The van der Waals surface area contributed by atoms with Gasteiger partial charge in [-0.3, -0.25) is 0 Å². The monoisotopic (exact) mass is 889 g/mol. The first-order valence-electron chi connectivity index (χ1n) is 24.5.